The Balaban J connectivity index is 0.000000328. The summed E-state index contributed by atoms with van der Waals surface area (Å²) in [6.45, 7) is 23.2. The van der Waals surface area contributed by atoms with Gasteiger partial charge in [0.15, 0.2) is 0 Å². The molecule has 0 spiro atoms. The number of anilines is 2. The van der Waals surface area contributed by atoms with Gasteiger partial charge in [-0.2, -0.15) is 0 Å². The Morgan fingerprint density at radius 3 is 1.23 bits per heavy atom. The Morgan fingerprint density at radius 2 is 0.866 bits per heavy atom. The Bertz CT molecular complexity index is 3280. The Hall–Kier alpha value is -5.83. The van der Waals surface area contributed by atoms with E-state index in [9.17, 15) is 24.0 Å². The van der Waals surface area contributed by atoms with Crippen molar-refractivity contribution in [3.05, 3.63) is 120 Å². The number of nitrogens with one attached hydrogen (secondary N) is 2. The average Bonchev–Trinajstić information content (AvgIpc) is 1.67. The van der Waals surface area contributed by atoms with Gasteiger partial charge in [-0.3, -0.25) is 24.0 Å². The van der Waals surface area contributed by atoms with Crippen LogP contribution in [0.2, 0.25) is 0 Å². The van der Waals surface area contributed by atoms with E-state index in [-0.39, 0.29) is 42.3 Å². The Kier molecular flexibility index (Phi) is 37.6. The maximum absolute atomic E-state index is 13.0. The summed E-state index contributed by atoms with van der Waals surface area (Å²) in [6, 6.07) is 32.3. The normalized spacial score (nSPS) is 12.6. The second kappa shape index (κ2) is 43.6. The van der Waals surface area contributed by atoms with Crippen LogP contribution in [0.3, 0.4) is 0 Å². The number of carbonyl (C=O) groups is 5. The monoisotopic (exact) mass is 1420 g/mol. The lowest BCUT2D eigenvalue weighted by Crippen LogP contribution is -2.37. The molecule has 6 aromatic rings. The van der Waals surface area contributed by atoms with Gasteiger partial charge in [-0.25, -0.2) is 9.97 Å². The van der Waals surface area contributed by atoms with Crippen molar-refractivity contribution in [3.8, 4) is 0 Å². The minimum Gasteiger partial charge on any atom is -0.460 e. The molecule has 3 atom stereocenters. The summed E-state index contributed by atoms with van der Waals surface area (Å²) in [6.07, 6.45) is 8.05. The summed E-state index contributed by atoms with van der Waals surface area (Å²) in [7, 11) is 4.00. The standard InChI is InChI=1S/C33H46Cl2N4O3.C26H40Cl2N4O3.C16H26N2O2/c1-33(2,3)42-32(41)26(12-9-19-36-24-25-10-6-5-7-11-25)22-28(40)13-8-14-31-37-29-23-27(15-16-30(29)38(31)4)39(20-17-34)21-18-35;1-26(2,3)35-25(34)19(7-6-14-29)17-21(33)8-5-9-24-30-22-18-20(10-11-23(22)31(24)4)32(15-12-27)16-13-28;1-16(2,3)20-15(19)14(17)10-7-11-18-12-13-8-5-4-6-9-13/h5-7,10-11,15-16,23,26,36H,8-9,12-14,17-22,24H2,1-4H3;10-11,18-19H,5-9,12-17,29H2,1-4H3;4-6,8-9,14,18H,7,10-12,17H2,1-3H3/t26-;19-;14-/m110/s1. The van der Waals surface area contributed by atoms with E-state index < -0.39 is 34.7 Å². The fourth-order valence-electron chi connectivity index (χ4n) is 10.9. The molecule has 0 amide bonds. The molecule has 0 radical (unpaired) electrons. The molecule has 97 heavy (non-hydrogen) atoms. The maximum Gasteiger partial charge on any atom is 0.323 e. The van der Waals surface area contributed by atoms with Gasteiger partial charge >= 0.3 is 17.9 Å². The number of hydrogen-bond acceptors (Lipinski definition) is 16. The fourth-order valence-corrected chi connectivity index (χ4v) is 11.7. The van der Waals surface area contributed by atoms with E-state index >= 15 is 0 Å². The SMILES string of the molecule is CC(C)(C)OC(=O)[C@@H](N)CCCNCc1ccccc1.Cn1c(CCCC(=O)C[C@@H](CCCN)C(=O)OC(C)(C)C)nc2cc(N(CCCl)CCCl)ccc21.Cn1c(CCCC(=O)C[C@@H](CCCNCc2ccccc2)C(=O)OC(C)(C)C)nc2cc(N(CCCl)CCCl)ccc21. The molecule has 0 saturated carbocycles. The molecular formula is C75H112Cl4N10O8. The summed E-state index contributed by atoms with van der Waals surface area (Å²) in [5.74, 6) is 2.31. The first kappa shape index (κ1) is 83.6. The average molecular weight is 1420 g/mol. The van der Waals surface area contributed by atoms with Crippen molar-refractivity contribution in [2.24, 2.45) is 37.4 Å². The second-order valence-corrected chi connectivity index (χ2v) is 29.1. The number of esters is 3. The van der Waals surface area contributed by atoms with Crippen LogP contribution in [0.15, 0.2) is 97.1 Å². The predicted molar refractivity (Wildman–Crippen MR) is 399 cm³/mol. The lowest BCUT2D eigenvalue weighted by Gasteiger charge is -2.24. The number of hydrogen-bond donors (Lipinski definition) is 4. The number of aryl methyl sites for hydroxylation is 4. The van der Waals surface area contributed by atoms with Crippen LogP contribution in [0.1, 0.15) is 162 Å². The van der Waals surface area contributed by atoms with Crippen LogP contribution < -0.4 is 31.9 Å². The number of fused-ring (bicyclic) bond motifs is 2. The van der Waals surface area contributed by atoms with Crippen LogP contribution in [0.4, 0.5) is 11.4 Å². The number of ether oxygens (including phenoxy) is 3. The minimum absolute atomic E-state index is 0.0664. The van der Waals surface area contributed by atoms with Crippen LogP contribution in [0, 0.1) is 11.8 Å². The van der Waals surface area contributed by atoms with Crippen LogP contribution in [-0.2, 0) is 78.2 Å². The predicted octanol–water partition coefficient (Wildman–Crippen LogP) is 13.7. The van der Waals surface area contributed by atoms with Crippen LogP contribution in [-0.4, -0.2) is 141 Å². The minimum atomic E-state index is -0.588. The number of nitrogens with zero attached hydrogens (tertiary/aromatic N) is 6. The zero-order valence-electron chi connectivity index (χ0n) is 59.7. The highest BCUT2D eigenvalue weighted by atomic mass is 35.5. The van der Waals surface area contributed by atoms with Gasteiger partial charge in [-0.1, -0.05) is 60.7 Å². The zero-order valence-corrected chi connectivity index (χ0v) is 62.7. The molecule has 0 aliphatic heterocycles. The third kappa shape index (κ3) is 32.4. The number of aromatic nitrogens is 4. The molecule has 0 saturated heterocycles. The van der Waals surface area contributed by atoms with Crippen LogP contribution >= 0.6 is 46.4 Å². The van der Waals surface area contributed by atoms with Crippen molar-refractivity contribution in [3.63, 3.8) is 0 Å². The first-order valence-electron chi connectivity index (χ1n) is 34.4. The quantitative estimate of drug-likeness (QED) is 0.0121. The number of rotatable bonds is 40. The van der Waals surface area contributed by atoms with Gasteiger partial charge in [-0.15, -0.1) is 46.4 Å². The third-order valence-corrected chi connectivity index (χ3v) is 16.5. The van der Waals surface area contributed by atoms with Gasteiger partial charge in [0.25, 0.3) is 0 Å². The number of ketones is 2. The lowest BCUT2D eigenvalue weighted by molar-refractivity contribution is -0.162. The molecular weight excluding hydrogens is 1310 g/mol. The maximum atomic E-state index is 13.0. The van der Waals surface area contributed by atoms with E-state index in [0.717, 1.165) is 110 Å². The van der Waals surface area contributed by atoms with E-state index in [1.54, 1.807) is 0 Å². The van der Waals surface area contributed by atoms with Gasteiger partial charge in [0.1, 0.15) is 46.1 Å². The number of carbonyl (C=O) groups excluding carboxylic acids is 5. The molecule has 2 heterocycles. The summed E-state index contributed by atoms with van der Waals surface area (Å²) in [4.78, 5) is 76.9. The first-order valence-corrected chi connectivity index (χ1v) is 36.5. The van der Waals surface area contributed by atoms with Gasteiger partial charge < -0.3 is 55.2 Å². The van der Waals surface area contributed by atoms with Gasteiger partial charge in [0, 0.05) is 127 Å². The molecule has 6 N–H and O–H groups in total. The van der Waals surface area contributed by atoms with Crippen molar-refractivity contribution < 1.29 is 38.2 Å². The van der Waals surface area contributed by atoms with Gasteiger partial charge in [0.2, 0.25) is 0 Å². The molecule has 0 aliphatic rings. The van der Waals surface area contributed by atoms with E-state index in [2.05, 4.69) is 90.2 Å². The van der Waals surface area contributed by atoms with Crippen molar-refractivity contribution in [1.82, 2.24) is 29.7 Å². The molecule has 0 aliphatic carbocycles. The van der Waals surface area contributed by atoms with E-state index in [0.29, 0.717) is 94.3 Å². The molecule has 2 aromatic heterocycles. The van der Waals surface area contributed by atoms with Crippen molar-refractivity contribution >= 4 is 109 Å². The number of imidazole rings is 2. The Morgan fingerprint density at radius 1 is 0.505 bits per heavy atom. The number of halogens is 4. The highest BCUT2D eigenvalue weighted by Gasteiger charge is 2.29. The summed E-state index contributed by atoms with van der Waals surface area (Å²) < 4.78 is 20.6. The summed E-state index contributed by atoms with van der Waals surface area (Å²) >= 11 is 23.9. The van der Waals surface area contributed by atoms with Crippen LogP contribution in [0.5, 0.6) is 0 Å². The zero-order chi connectivity index (χ0) is 71.6. The molecule has 0 unspecified atom stereocenters. The van der Waals surface area contributed by atoms with E-state index in [4.69, 9.17) is 82.0 Å². The smallest absolute Gasteiger partial charge is 0.323 e. The third-order valence-electron chi connectivity index (χ3n) is 15.8. The Labute approximate surface area is 598 Å². The number of nitrogens with two attached hydrogens (primary N) is 2. The number of benzene rings is 4. The molecule has 6 rings (SSSR count). The highest BCUT2D eigenvalue weighted by molar-refractivity contribution is 6.19. The molecule has 538 valence electrons. The van der Waals surface area contributed by atoms with E-state index in [1.807, 2.05) is 113 Å². The molecule has 18 nitrogen and oxygen atoms in total. The fraction of sp³-hybridized carbons (Fsp3) is 0.587. The molecule has 4 aromatic carbocycles. The van der Waals surface area contributed by atoms with Crippen LogP contribution in [0.25, 0.3) is 22.1 Å². The highest BCUT2D eigenvalue weighted by Crippen LogP contribution is 2.27. The summed E-state index contributed by atoms with van der Waals surface area (Å²) in [5, 5.41) is 6.76. The lowest BCUT2D eigenvalue weighted by atomic mass is 9.94. The second-order valence-electron chi connectivity index (χ2n) is 27.6. The number of alkyl halides is 4. The van der Waals surface area contributed by atoms with Crippen molar-refractivity contribution in [2.45, 2.75) is 188 Å². The molecule has 22 heteroatoms. The largest absolute Gasteiger partial charge is 0.460 e. The van der Waals surface area contributed by atoms with Crippen molar-refractivity contribution in [2.75, 3.05) is 79.1 Å². The first-order chi connectivity index (χ1) is 46.1. The van der Waals surface area contributed by atoms with Crippen molar-refractivity contribution in [1.29, 1.82) is 0 Å². The molecule has 0 bridgehead atoms. The molecule has 0 fully saturated rings. The van der Waals surface area contributed by atoms with E-state index in [1.165, 1.54) is 11.1 Å². The summed E-state index contributed by atoms with van der Waals surface area (Å²) in [5.41, 5.74) is 18.3. The number of Topliss-reactive ketones (excluding diaryl/α,β-unsaturated/α-hetero) is 2. The topological polar surface area (TPSA) is 231 Å². The van der Waals surface area contributed by atoms with Gasteiger partial charge in [0.05, 0.1) is 33.9 Å². The van der Waals surface area contributed by atoms with Gasteiger partial charge in [-0.05, 0) is 181 Å².